The van der Waals surface area contributed by atoms with E-state index in [-0.39, 0.29) is 12.2 Å². The lowest BCUT2D eigenvalue weighted by molar-refractivity contribution is 0.00643. The van der Waals surface area contributed by atoms with E-state index < -0.39 is 0 Å². The molecule has 3 nitrogen and oxygen atoms in total. The topological polar surface area (TPSA) is 38.3 Å². The molecule has 1 fully saturated rings. The summed E-state index contributed by atoms with van der Waals surface area (Å²) in [7, 11) is 0. The fourth-order valence-corrected chi connectivity index (χ4v) is 2.57. The molecular formula is C13H25NO2. The van der Waals surface area contributed by atoms with E-state index in [0.717, 1.165) is 6.42 Å². The molecule has 1 aliphatic carbocycles. The second-order valence-corrected chi connectivity index (χ2v) is 5.30. The average Bonchev–Trinajstić information content (AvgIpc) is 2.17. The van der Waals surface area contributed by atoms with Crippen LogP contribution in [0.5, 0.6) is 0 Å². The molecule has 1 amide bonds. The Balaban J connectivity index is 2.54. The third-order valence-electron chi connectivity index (χ3n) is 3.54. The smallest absolute Gasteiger partial charge is 0.407 e. The molecule has 0 aromatic rings. The molecule has 0 spiro atoms. The maximum atomic E-state index is 11.5. The number of carbonyl (C=O) groups excluding carboxylic acids is 1. The summed E-state index contributed by atoms with van der Waals surface area (Å²) in [5.74, 6) is 1.79. The fourth-order valence-electron chi connectivity index (χ4n) is 2.57. The Bertz CT molecular complexity index is 228. The number of rotatable bonds is 3. The van der Waals surface area contributed by atoms with Crippen molar-refractivity contribution < 1.29 is 9.53 Å². The van der Waals surface area contributed by atoms with Crippen molar-refractivity contribution in [1.82, 2.24) is 5.32 Å². The molecular weight excluding hydrogens is 202 g/mol. The number of amides is 1. The standard InChI is InChI=1S/C13H25NO2/c1-5-14-13(15)16-12-8-10(4)6-7-11(12)9(2)3/h9-12H,5-8H2,1-4H3,(H,14,15)/t10?,11-,12?/m0/s1. The van der Waals surface area contributed by atoms with Crippen LogP contribution in [0.25, 0.3) is 0 Å². The summed E-state index contributed by atoms with van der Waals surface area (Å²) < 4.78 is 5.53. The van der Waals surface area contributed by atoms with Gasteiger partial charge in [0.25, 0.3) is 0 Å². The second-order valence-electron chi connectivity index (χ2n) is 5.30. The highest BCUT2D eigenvalue weighted by Crippen LogP contribution is 2.35. The van der Waals surface area contributed by atoms with Crippen molar-refractivity contribution in [2.24, 2.45) is 17.8 Å². The van der Waals surface area contributed by atoms with Crippen LogP contribution >= 0.6 is 0 Å². The van der Waals surface area contributed by atoms with Crippen LogP contribution in [0.4, 0.5) is 4.79 Å². The Morgan fingerprint density at radius 1 is 1.44 bits per heavy atom. The number of ether oxygens (including phenoxy) is 1. The molecule has 16 heavy (non-hydrogen) atoms. The largest absolute Gasteiger partial charge is 0.446 e. The lowest BCUT2D eigenvalue weighted by Gasteiger charge is -2.36. The van der Waals surface area contributed by atoms with Crippen LogP contribution in [0.15, 0.2) is 0 Å². The molecule has 1 rings (SSSR count). The van der Waals surface area contributed by atoms with Gasteiger partial charge in [-0.2, -0.15) is 0 Å². The molecule has 0 aromatic heterocycles. The van der Waals surface area contributed by atoms with E-state index in [9.17, 15) is 4.79 Å². The van der Waals surface area contributed by atoms with Crippen molar-refractivity contribution in [1.29, 1.82) is 0 Å². The highest BCUT2D eigenvalue weighted by Gasteiger charge is 2.33. The summed E-state index contributed by atoms with van der Waals surface area (Å²) in [6.07, 6.45) is 3.31. The van der Waals surface area contributed by atoms with Crippen LogP contribution in [-0.4, -0.2) is 18.7 Å². The molecule has 1 N–H and O–H groups in total. The van der Waals surface area contributed by atoms with E-state index in [2.05, 4.69) is 26.1 Å². The minimum absolute atomic E-state index is 0.107. The normalized spacial score (nSPS) is 30.2. The minimum Gasteiger partial charge on any atom is -0.446 e. The maximum Gasteiger partial charge on any atom is 0.407 e. The van der Waals surface area contributed by atoms with E-state index in [4.69, 9.17) is 4.74 Å². The predicted molar refractivity (Wildman–Crippen MR) is 65.3 cm³/mol. The molecule has 1 saturated carbocycles. The number of hydrogen-bond donors (Lipinski definition) is 1. The molecule has 94 valence electrons. The van der Waals surface area contributed by atoms with Crippen molar-refractivity contribution in [3.63, 3.8) is 0 Å². The van der Waals surface area contributed by atoms with Crippen molar-refractivity contribution in [3.05, 3.63) is 0 Å². The highest BCUT2D eigenvalue weighted by molar-refractivity contribution is 5.67. The fraction of sp³-hybridized carbons (Fsp3) is 0.923. The van der Waals surface area contributed by atoms with Crippen molar-refractivity contribution in [2.75, 3.05) is 6.54 Å². The summed E-state index contributed by atoms with van der Waals surface area (Å²) in [6.45, 7) is 9.21. The zero-order chi connectivity index (χ0) is 12.1. The van der Waals surface area contributed by atoms with Gasteiger partial charge in [-0.3, -0.25) is 0 Å². The van der Waals surface area contributed by atoms with Gasteiger partial charge < -0.3 is 10.1 Å². The summed E-state index contributed by atoms with van der Waals surface area (Å²) in [5.41, 5.74) is 0. The number of carbonyl (C=O) groups is 1. The minimum atomic E-state index is -0.257. The summed E-state index contributed by atoms with van der Waals surface area (Å²) >= 11 is 0. The van der Waals surface area contributed by atoms with Crippen LogP contribution < -0.4 is 5.32 Å². The molecule has 0 radical (unpaired) electrons. The highest BCUT2D eigenvalue weighted by atomic mass is 16.6. The van der Waals surface area contributed by atoms with Gasteiger partial charge in [-0.05, 0) is 37.5 Å². The number of hydrogen-bond acceptors (Lipinski definition) is 2. The maximum absolute atomic E-state index is 11.5. The Hall–Kier alpha value is -0.730. The number of nitrogens with one attached hydrogen (secondary N) is 1. The first kappa shape index (κ1) is 13.3. The second kappa shape index (κ2) is 6.12. The number of alkyl carbamates (subject to hydrolysis) is 1. The molecule has 2 unspecified atom stereocenters. The van der Waals surface area contributed by atoms with Gasteiger partial charge in [-0.1, -0.05) is 27.2 Å². The molecule has 0 bridgehead atoms. The van der Waals surface area contributed by atoms with Crippen molar-refractivity contribution in [3.8, 4) is 0 Å². The molecule has 0 aliphatic heterocycles. The summed E-state index contributed by atoms with van der Waals surface area (Å²) in [4.78, 5) is 11.5. The molecule has 3 atom stereocenters. The van der Waals surface area contributed by atoms with Gasteiger partial charge in [-0.25, -0.2) is 4.79 Å². The van der Waals surface area contributed by atoms with Gasteiger partial charge in [0.05, 0.1) is 0 Å². The molecule has 3 heteroatoms. The third-order valence-corrected chi connectivity index (χ3v) is 3.54. The van der Waals surface area contributed by atoms with E-state index in [1.54, 1.807) is 0 Å². The van der Waals surface area contributed by atoms with Gasteiger partial charge in [0, 0.05) is 6.54 Å². The lowest BCUT2D eigenvalue weighted by Crippen LogP contribution is -2.38. The van der Waals surface area contributed by atoms with Crippen LogP contribution in [0, 0.1) is 17.8 Å². The van der Waals surface area contributed by atoms with Crippen LogP contribution in [0.1, 0.15) is 47.0 Å². The van der Waals surface area contributed by atoms with Crippen LogP contribution in [0.2, 0.25) is 0 Å². The first-order valence-corrected chi connectivity index (χ1v) is 6.49. The van der Waals surface area contributed by atoms with Crippen molar-refractivity contribution >= 4 is 6.09 Å². The molecule has 1 aliphatic rings. The van der Waals surface area contributed by atoms with Gasteiger partial charge in [0.2, 0.25) is 0 Å². The zero-order valence-corrected chi connectivity index (χ0v) is 11.0. The molecule has 0 aromatic carbocycles. The summed E-state index contributed by atoms with van der Waals surface area (Å²) in [6, 6.07) is 0. The Morgan fingerprint density at radius 2 is 2.12 bits per heavy atom. The van der Waals surface area contributed by atoms with Gasteiger partial charge >= 0.3 is 6.09 Å². The Labute approximate surface area is 98.9 Å². The average molecular weight is 227 g/mol. The first-order chi connectivity index (χ1) is 7.54. The van der Waals surface area contributed by atoms with E-state index >= 15 is 0 Å². The van der Waals surface area contributed by atoms with Gasteiger partial charge in [-0.15, -0.1) is 0 Å². The third kappa shape index (κ3) is 3.69. The SMILES string of the molecule is CCNC(=O)OC1CC(C)CC[C@H]1C(C)C. The Morgan fingerprint density at radius 3 is 2.69 bits per heavy atom. The van der Waals surface area contributed by atoms with Gasteiger partial charge in [0.15, 0.2) is 0 Å². The Kier molecular flexibility index (Phi) is 5.10. The van der Waals surface area contributed by atoms with Crippen molar-refractivity contribution in [2.45, 2.75) is 53.1 Å². The monoisotopic (exact) mass is 227 g/mol. The van der Waals surface area contributed by atoms with E-state index in [1.807, 2.05) is 6.92 Å². The van der Waals surface area contributed by atoms with Gasteiger partial charge in [0.1, 0.15) is 6.10 Å². The quantitative estimate of drug-likeness (QED) is 0.804. The van der Waals surface area contributed by atoms with Crippen LogP contribution in [-0.2, 0) is 4.74 Å². The zero-order valence-electron chi connectivity index (χ0n) is 11.0. The molecule has 0 saturated heterocycles. The van der Waals surface area contributed by atoms with Crippen LogP contribution in [0.3, 0.4) is 0 Å². The summed E-state index contributed by atoms with van der Waals surface area (Å²) in [5, 5.41) is 2.71. The molecule has 0 heterocycles. The van der Waals surface area contributed by atoms with E-state index in [1.165, 1.54) is 12.8 Å². The van der Waals surface area contributed by atoms with E-state index in [0.29, 0.717) is 24.3 Å². The first-order valence-electron chi connectivity index (χ1n) is 6.49. The lowest BCUT2D eigenvalue weighted by atomic mass is 9.75. The predicted octanol–water partition coefficient (Wildman–Crippen LogP) is 3.19.